The van der Waals surface area contributed by atoms with E-state index in [4.69, 9.17) is 16.3 Å². The number of nitrogens with one attached hydrogen (secondary N) is 1. The van der Waals surface area contributed by atoms with E-state index in [1.165, 1.54) is 6.07 Å². The summed E-state index contributed by atoms with van der Waals surface area (Å²) in [6.07, 6.45) is 0. The standard InChI is InChI=1S/C20H15ClFN3OS/c1-11-23-19(25-13-5-8-17(22)16(21)9-13)18-15(10-27-20(18)24-11)12-3-6-14(26-2)7-4-12/h3-10H,1-2H3,(H,23,24,25). The lowest BCUT2D eigenvalue weighted by Gasteiger charge is -2.10. The second kappa shape index (κ2) is 7.13. The van der Waals surface area contributed by atoms with Crippen LogP contribution in [-0.4, -0.2) is 17.1 Å². The smallest absolute Gasteiger partial charge is 0.143 e. The van der Waals surface area contributed by atoms with Gasteiger partial charge in [0.05, 0.1) is 17.5 Å². The first-order valence-electron chi connectivity index (χ1n) is 8.17. The Morgan fingerprint density at radius 3 is 2.59 bits per heavy atom. The number of anilines is 2. The normalized spacial score (nSPS) is 11.0. The maximum absolute atomic E-state index is 13.5. The monoisotopic (exact) mass is 399 g/mol. The summed E-state index contributed by atoms with van der Waals surface area (Å²) in [5.74, 6) is 1.65. The van der Waals surface area contributed by atoms with Crippen LogP contribution in [0.5, 0.6) is 5.75 Å². The largest absolute Gasteiger partial charge is 0.497 e. The highest BCUT2D eigenvalue weighted by Gasteiger charge is 2.15. The van der Waals surface area contributed by atoms with E-state index in [9.17, 15) is 4.39 Å². The van der Waals surface area contributed by atoms with Gasteiger partial charge in [-0.05, 0) is 42.8 Å². The van der Waals surface area contributed by atoms with Crippen molar-refractivity contribution in [2.45, 2.75) is 6.92 Å². The zero-order valence-electron chi connectivity index (χ0n) is 14.6. The van der Waals surface area contributed by atoms with Crippen LogP contribution in [0.1, 0.15) is 5.82 Å². The molecule has 136 valence electrons. The molecule has 4 aromatic rings. The molecule has 2 aromatic heterocycles. The van der Waals surface area contributed by atoms with Crippen molar-refractivity contribution < 1.29 is 9.13 Å². The Morgan fingerprint density at radius 2 is 1.89 bits per heavy atom. The van der Waals surface area contributed by atoms with Gasteiger partial charge in [-0.25, -0.2) is 14.4 Å². The minimum atomic E-state index is -0.458. The molecule has 2 aromatic carbocycles. The molecule has 0 spiro atoms. The Morgan fingerprint density at radius 1 is 1.11 bits per heavy atom. The number of fused-ring (bicyclic) bond motifs is 1. The van der Waals surface area contributed by atoms with Gasteiger partial charge in [0.25, 0.3) is 0 Å². The number of benzene rings is 2. The average molecular weight is 400 g/mol. The third-order valence-electron chi connectivity index (χ3n) is 4.13. The molecule has 0 aliphatic heterocycles. The first kappa shape index (κ1) is 17.7. The third-order valence-corrected chi connectivity index (χ3v) is 5.29. The van der Waals surface area contributed by atoms with Crippen LogP contribution in [0.2, 0.25) is 5.02 Å². The molecule has 0 amide bonds. The van der Waals surface area contributed by atoms with Crippen LogP contribution in [-0.2, 0) is 0 Å². The zero-order chi connectivity index (χ0) is 19.0. The van der Waals surface area contributed by atoms with Gasteiger partial charge in [-0.3, -0.25) is 0 Å². The Balaban J connectivity index is 1.83. The quantitative estimate of drug-likeness (QED) is 0.443. The molecule has 27 heavy (non-hydrogen) atoms. The van der Waals surface area contributed by atoms with Crippen molar-refractivity contribution in [1.82, 2.24) is 9.97 Å². The van der Waals surface area contributed by atoms with E-state index < -0.39 is 5.82 Å². The van der Waals surface area contributed by atoms with Gasteiger partial charge in [0.15, 0.2) is 0 Å². The number of hydrogen-bond donors (Lipinski definition) is 1. The Bertz CT molecular complexity index is 1130. The van der Waals surface area contributed by atoms with Crippen molar-refractivity contribution in [3.63, 3.8) is 0 Å². The van der Waals surface area contributed by atoms with E-state index in [0.717, 1.165) is 27.1 Å². The van der Waals surface area contributed by atoms with Crippen molar-refractivity contribution in [3.8, 4) is 16.9 Å². The number of rotatable bonds is 4. The van der Waals surface area contributed by atoms with Gasteiger partial charge in [-0.2, -0.15) is 0 Å². The van der Waals surface area contributed by atoms with Crippen LogP contribution in [0.15, 0.2) is 47.8 Å². The summed E-state index contributed by atoms with van der Waals surface area (Å²) in [5.41, 5.74) is 2.72. The number of aromatic nitrogens is 2. The fraction of sp³-hybridized carbons (Fsp3) is 0.100. The fourth-order valence-corrected chi connectivity index (χ4v) is 4.01. The average Bonchev–Trinajstić information content (AvgIpc) is 3.08. The number of ether oxygens (including phenoxy) is 1. The van der Waals surface area contributed by atoms with Crippen molar-refractivity contribution in [1.29, 1.82) is 0 Å². The molecule has 0 aliphatic carbocycles. The van der Waals surface area contributed by atoms with Gasteiger partial charge < -0.3 is 10.1 Å². The lowest BCUT2D eigenvalue weighted by Crippen LogP contribution is -1.98. The van der Waals surface area contributed by atoms with E-state index >= 15 is 0 Å². The van der Waals surface area contributed by atoms with E-state index in [1.54, 1.807) is 30.6 Å². The van der Waals surface area contributed by atoms with Gasteiger partial charge in [0, 0.05) is 16.6 Å². The highest BCUT2D eigenvalue weighted by Crippen LogP contribution is 2.38. The van der Waals surface area contributed by atoms with Crippen molar-refractivity contribution in [2.24, 2.45) is 0 Å². The lowest BCUT2D eigenvalue weighted by molar-refractivity contribution is 0.415. The second-order valence-electron chi connectivity index (χ2n) is 5.93. The van der Waals surface area contributed by atoms with Gasteiger partial charge in [0.2, 0.25) is 0 Å². The van der Waals surface area contributed by atoms with Crippen molar-refractivity contribution in [2.75, 3.05) is 12.4 Å². The highest BCUT2D eigenvalue weighted by atomic mass is 35.5. The van der Waals surface area contributed by atoms with Crippen molar-refractivity contribution >= 4 is 44.7 Å². The third kappa shape index (κ3) is 3.46. The number of thiophene rings is 1. The van der Waals surface area contributed by atoms with E-state index in [1.807, 2.05) is 31.2 Å². The number of nitrogens with zero attached hydrogens (tertiary/aromatic N) is 2. The summed E-state index contributed by atoms with van der Waals surface area (Å²) in [6.45, 7) is 1.84. The van der Waals surface area contributed by atoms with Gasteiger partial charge >= 0.3 is 0 Å². The Kier molecular flexibility index (Phi) is 4.68. The Hall–Kier alpha value is -2.70. The molecule has 2 heterocycles. The van der Waals surface area contributed by atoms with Crippen LogP contribution in [0.4, 0.5) is 15.9 Å². The maximum Gasteiger partial charge on any atom is 0.143 e. The summed E-state index contributed by atoms with van der Waals surface area (Å²) >= 11 is 7.46. The second-order valence-corrected chi connectivity index (χ2v) is 7.20. The molecule has 0 radical (unpaired) electrons. The van der Waals surface area contributed by atoms with Crippen LogP contribution >= 0.6 is 22.9 Å². The molecule has 7 heteroatoms. The predicted octanol–water partition coefficient (Wildman–Crippen LogP) is 6.21. The minimum absolute atomic E-state index is 0.0581. The van der Waals surface area contributed by atoms with Crippen LogP contribution in [0, 0.1) is 12.7 Å². The van der Waals surface area contributed by atoms with Crippen LogP contribution in [0.25, 0.3) is 21.3 Å². The summed E-state index contributed by atoms with van der Waals surface area (Å²) < 4.78 is 18.7. The van der Waals surface area contributed by atoms with E-state index in [0.29, 0.717) is 17.3 Å². The molecule has 0 bridgehead atoms. The molecule has 4 rings (SSSR count). The molecule has 1 N–H and O–H groups in total. The minimum Gasteiger partial charge on any atom is -0.497 e. The molecule has 0 saturated carbocycles. The molecular weight excluding hydrogens is 385 g/mol. The van der Waals surface area contributed by atoms with Crippen LogP contribution in [0.3, 0.4) is 0 Å². The van der Waals surface area contributed by atoms with Crippen molar-refractivity contribution in [3.05, 3.63) is 64.5 Å². The van der Waals surface area contributed by atoms with E-state index in [2.05, 4.69) is 20.7 Å². The fourth-order valence-electron chi connectivity index (χ4n) is 2.83. The summed E-state index contributed by atoms with van der Waals surface area (Å²) in [6, 6.07) is 12.3. The van der Waals surface area contributed by atoms with Gasteiger partial charge in [-0.15, -0.1) is 11.3 Å². The number of hydrogen-bond acceptors (Lipinski definition) is 5. The molecule has 0 fully saturated rings. The molecule has 0 atom stereocenters. The van der Waals surface area contributed by atoms with Gasteiger partial charge in [-0.1, -0.05) is 23.7 Å². The highest BCUT2D eigenvalue weighted by molar-refractivity contribution is 7.17. The van der Waals surface area contributed by atoms with E-state index in [-0.39, 0.29) is 5.02 Å². The van der Waals surface area contributed by atoms with Gasteiger partial charge in [0.1, 0.15) is 28.0 Å². The molecular formula is C20H15ClFN3OS. The SMILES string of the molecule is COc1ccc(-c2csc3nc(C)nc(Nc4ccc(F)c(Cl)c4)c23)cc1. The first-order chi connectivity index (χ1) is 13.0. The summed E-state index contributed by atoms with van der Waals surface area (Å²) in [5, 5.41) is 6.28. The number of aryl methyl sites for hydroxylation is 1. The Labute approximate surface area is 164 Å². The number of methoxy groups -OCH3 is 1. The molecule has 0 saturated heterocycles. The topological polar surface area (TPSA) is 47.0 Å². The molecule has 0 aliphatic rings. The maximum atomic E-state index is 13.5. The van der Waals surface area contributed by atoms with Crippen LogP contribution < -0.4 is 10.1 Å². The summed E-state index contributed by atoms with van der Waals surface area (Å²) in [4.78, 5) is 9.99. The number of halogens is 2. The summed E-state index contributed by atoms with van der Waals surface area (Å²) in [7, 11) is 1.64. The molecule has 0 unspecified atom stereocenters. The lowest BCUT2D eigenvalue weighted by atomic mass is 10.1. The molecule has 4 nitrogen and oxygen atoms in total. The zero-order valence-corrected chi connectivity index (χ0v) is 16.2. The first-order valence-corrected chi connectivity index (χ1v) is 9.43. The predicted molar refractivity (Wildman–Crippen MR) is 109 cm³/mol.